The van der Waals surface area contributed by atoms with E-state index < -0.39 is 0 Å². The molecule has 0 aromatic rings. The summed E-state index contributed by atoms with van der Waals surface area (Å²) >= 11 is 0. The van der Waals surface area contributed by atoms with Crippen LogP contribution in [0, 0.1) is 0 Å². The molecule has 2 heteroatoms. The summed E-state index contributed by atoms with van der Waals surface area (Å²) in [6.07, 6.45) is 3.86. The first-order valence-corrected chi connectivity index (χ1v) is 3.24. The maximum absolute atomic E-state index is 10.7. The maximum atomic E-state index is 10.7. The molecule has 0 saturated carbocycles. The van der Waals surface area contributed by atoms with E-state index in [0.717, 1.165) is 25.0 Å². The van der Waals surface area contributed by atoms with Crippen LogP contribution in [-0.4, -0.2) is 12.3 Å². The highest BCUT2D eigenvalue weighted by molar-refractivity contribution is 5.93. The molecule has 50 valence electrons. The Morgan fingerprint density at radius 1 is 1.78 bits per heavy atom. The highest BCUT2D eigenvalue weighted by Gasteiger charge is 2.05. The van der Waals surface area contributed by atoms with Gasteiger partial charge in [-0.15, -0.1) is 0 Å². The molecule has 0 atom stereocenters. The molecular formula is C7H11NO. The Morgan fingerprint density at radius 2 is 2.56 bits per heavy atom. The Balaban J connectivity index is 2.57. The molecule has 0 fully saturated rings. The minimum absolute atomic E-state index is 0.196. The highest BCUT2D eigenvalue weighted by atomic mass is 16.1. The lowest BCUT2D eigenvalue weighted by atomic mass is 10.1. The summed E-state index contributed by atoms with van der Waals surface area (Å²) in [6.45, 7) is 2.62. The lowest BCUT2D eigenvalue weighted by molar-refractivity contribution is -0.113. The Hall–Kier alpha value is -0.790. The largest absolute Gasteiger partial charge is 0.391 e. The fourth-order valence-corrected chi connectivity index (χ4v) is 0.926. The van der Waals surface area contributed by atoms with Crippen LogP contribution in [-0.2, 0) is 4.79 Å². The number of allylic oxidation sites excluding steroid dienone is 1. The van der Waals surface area contributed by atoms with Crippen molar-refractivity contribution in [1.82, 2.24) is 5.32 Å². The van der Waals surface area contributed by atoms with Gasteiger partial charge >= 0.3 is 0 Å². The molecule has 1 N–H and O–H groups in total. The van der Waals surface area contributed by atoms with Crippen LogP contribution < -0.4 is 5.32 Å². The second kappa shape index (κ2) is 2.67. The number of carbonyl (C=O) groups is 1. The van der Waals surface area contributed by atoms with Gasteiger partial charge in [0.2, 0.25) is 0 Å². The third-order valence-corrected chi connectivity index (χ3v) is 1.50. The van der Waals surface area contributed by atoms with Gasteiger partial charge in [-0.2, -0.15) is 0 Å². The van der Waals surface area contributed by atoms with Gasteiger partial charge in [-0.1, -0.05) is 0 Å². The van der Waals surface area contributed by atoms with E-state index in [1.165, 1.54) is 0 Å². The van der Waals surface area contributed by atoms with Crippen LogP contribution in [0.4, 0.5) is 0 Å². The molecule has 0 amide bonds. The molecule has 9 heavy (non-hydrogen) atoms. The number of rotatable bonds is 1. The Morgan fingerprint density at radius 3 is 2.89 bits per heavy atom. The zero-order valence-corrected chi connectivity index (χ0v) is 5.61. The van der Waals surface area contributed by atoms with Crippen molar-refractivity contribution in [3.8, 4) is 0 Å². The minimum atomic E-state index is 0.196. The van der Waals surface area contributed by atoms with E-state index in [2.05, 4.69) is 5.32 Å². The standard InChI is InChI=1S/C7H11NO/c1-6(9)7-3-2-4-8-5-7/h5,8H,2-4H2,1H3. The fraction of sp³-hybridized carbons (Fsp3) is 0.571. The van der Waals surface area contributed by atoms with E-state index in [0.29, 0.717) is 0 Å². The monoisotopic (exact) mass is 125 g/mol. The molecule has 0 saturated heterocycles. The molecule has 0 bridgehead atoms. The first-order chi connectivity index (χ1) is 4.30. The second-order valence-corrected chi connectivity index (χ2v) is 2.28. The highest BCUT2D eigenvalue weighted by Crippen LogP contribution is 2.07. The summed E-state index contributed by atoms with van der Waals surface area (Å²) in [4.78, 5) is 10.7. The van der Waals surface area contributed by atoms with Gasteiger partial charge in [-0.25, -0.2) is 0 Å². The topological polar surface area (TPSA) is 29.1 Å². The number of carbonyl (C=O) groups excluding carboxylic acids is 1. The van der Waals surface area contributed by atoms with E-state index in [1.54, 1.807) is 6.92 Å². The van der Waals surface area contributed by atoms with Gasteiger partial charge in [0.15, 0.2) is 5.78 Å². The van der Waals surface area contributed by atoms with Crippen LogP contribution in [0.5, 0.6) is 0 Å². The SMILES string of the molecule is CC(=O)C1=CNCCC1. The molecule has 0 aromatic carbocycles. The van der Waals surface area contributed by atoms with Gasteiger partial charge in [0.05, 0.1) is 0 Å². The van der Waals surface area contributed by atoms with Crippen LogP contribution in [0.2, 0.25) is 0 Å². The molecule has 0 aliphatic carbocycles. The van der Waals surface area contributed by atoms with E-state index in [4.69, 9.17) is 0 Å². The molecule has 1 heterocycles. The van der Waals surface area contributed by atoms with E-state index in [9.17, 15) is 4.79 Å². The van der Waals surface area contributed by atoms with Crippen LogP contribution in [0.25, 0.3) is 0 Å². The predicted octanol–water partition coefficient (Wildman–Crippen LogP) is 0.843. The van der Waals surface area contributed by atoms with Gasteiger partial charge < -0.3 is 5.32 Å². The lowest BCUT2D eigenvalue weighted by Gasteiger charge is -2.10. The van der Waals surface area contributed by atoms with Crippen LogP contribution in [0.15, 0.2) is 11.8 Å². The molecule has 0 aromatic heterocycles. The van der Waals surface area contributed by atoms with Crippen molar-refractivity contribution in [2.45, 2.75) is 19.8 Å². The number of nitrogens with one attached hydrogen (secondary N) is 1. The van der Waals surface area contributed by atoms with Crippen molar-refractivity contribution in [2.75, 3.05) is 6.54 Å². The van der Waals surface area contributed by atoms with Crippen molar-refractivity contribution in [3.63, 3.8) is 0 Å². The van der Waals surface area contributed by atoms with E-state index in [-0.39, 0.29) is 5.78 Å². The van der Waals surface area contributed by atoms with Crippen molar-refractivity contribution in [3.05, 3.63) is 11.8 Å². The van der Waals surface area contributed by atoms with Gasteiger partial charge in [-0.3, -0.25) is 4.79 Å². The normalized spacial score (nSPS) is 18.1. The number of Topliss-reactive ketones (excluding diaryl/α,β-unsaturated/α-hetero) is 1. The first kappa shape index (κ1) is 6.33. The summed E-state index contributed by atoms with van der Waals surface area (Å²) < 4.78 is 0. The van der Waals surface area contributed by atoms with Crippen LogP contribution in [0.1, 0.15) is 19.8 Å². The van der Waals surface area contributed by atoms with E-state index in [1.807, 2.05) is 6.20 Å². The Kier molecular flexibility index (Phi) is 1.88. The molecule has 1 aliphatic rings. The first-order valence-electron chi connectivity index (χ1n) is 3.24. The average molecular weight is 125 g/mol. The smallest absolute Gasteiger partial charge is 0.157 e. The molecule has 2 nitrogen and oxygen atoms in total. The van der Waals surface area contributed by atoms with Crippen molar-refractivity contribution >= 4 is 5.78 Å². The minimum Gasteiger partial charge on any atom is -0.391 e. The Labute approximate surface area is 54.9 Å². The third kappa shape index (κ3) is 1.56. The van der Waals surface area contributed by atoms with Gasteiger partial charge in [0, 0.05) is 18.3 Å². The number of hydrogen-bond donors (Lipinski definition) is 1. The van der Waals surface area contributed by atoms with Gasteiger partial charge in [0.1, 0.15) is 0 Å². The zero-order chi connectivity index (χ0) is 6.69. The van der Waals surface area contributed by atoms with E-state index >= 15 is 0 Å². The molecule has 0 unspecified atom stereocenters. The zero-order valence-electron chi connectivity index (χ0n) is 5.61. The predicted molar refractivity (Wildman–Crippen MR) is 36.0 cm³/mol. The number of ketones is 1. The summed E-state index contributed by atoms with van der Waals surface area (Å²) in [5, 5.41) is 3.03. The van der Waals surface area contributed by atoms with Gasteiger partial charge in [0.25, 0.3) is 0 Å². The molecular weight excluding hydrogens is 114 g/mol. The van der Waals surface area contributed by atoms with Crippen LogP contribution in [0.3, 0.4) is 0 Å². The molecule has 0 spiro atoms. The van der Waals surface area contributed by atoms with Crippen molar-refractivity contribution < 1.29 is 4.79 Å². The second-order valence-electron chi connectivity index (χ2n) is 2.28. The third-order valence-electron chi connectivity index (χ3n) is 1.50. The summed E-state index contributed by atoms with van der Waals surface area (Å²) in [5.74, 6) is 0.196. The van der Waals surface area contributed by atoms with Crippen molar-refractivity contribution in [2.24, 2.45) is 0 Å². The summed E-state index contributed by atoms with van der Waals surface area (Å²) in [7, 11) is 0. The Bertz CT molecular complexity index is 149. The summed E-state index contributed by atoms with van der Waals surface area (Å²) in [6, 6.07) is 0. The van der Waals surface area contributed by atoms with Crippen LogP contribution >= 0.6 is 0 Å². The molecule has 0 radical (unpaired) electrons. The number of hydrogen-bond acceptors (Lipinski definition) is 2. The van der Waals surface area contributed by atoms with Gasteiger partial charge in [-0.05, 0) is 19.8 Å². The quantitative estimate of drug-likeness (QED) is 0.562. The molecule has 1 aliphatic heterocycles. The average Bonchev–Trinajstić information content (AvgIpc) is 1.90. The van der Waals surface area contributed by atoms with Crippen molar-refractivity contribution in [1.29, 1.82) is 0 Å². The summed E-state index contributed by atoms with van der Waals surface area (Å²) in [5.41, 5.74) is 0.932. The lowest BCUT2D eigenvalue weighted by Crippen LogP contribution is -2.16. The molecule has 1 rings (SSSR count). The maximum Gasteiger partial charge on any atom is 0.157 e. The fourth-order valence-electron chi connectivity index (χ4n) is 0.926.